The molecule has 0 bridgehead atoms. The van der Waals surface area contributed by atoms with E-state index < -0.39 is 11.7 Å². The molecule has 2 atom stereocenters. The summed E-state index contributed by atoms with van der Waals surface area (Å²) in [5, 5.41) is 7.39. The minimum absolute atomic E-state index is 0.363. The van der Waals surface area contributed by atoms with Gasteiger partial charge in [0.25, 0.3) is 0 Å². The molecule has 13 heavy (non-hydrogen) atoms. The highest BCUT2D eigenvalue weighted by molar-refractivity contribution is 9.10. The second-order valence-electron chi connectivity index (χ2n) is 3.22. The first-order valence-corrected chi connectivity index (χ1v) is 4.66. The summed E-state index contributed by atoms with van der Waals surface area (Å²) in [7, 11) is 1.63. The Hall–Kier alpha value is -0.490. The zero-order valence-electron chi connectivity index (χ0n) is 7.75. The standard InChI is InChI=1S/C7H12BrFN4/c1-4(10)7(2,9)5-6(8)11-12-13(5)3/h4H,10H2,1-3H3. The van der Waals surface area contributed by atoms with E-state index in [0.717, 1.165) is 0 Å². The summed E-state index contributed by atoms with van der Waals surface area (Å²) < 4.78 is 15.8. The smallest absolute Gasteiger partial charge is 0.167 e. The monoisotopic (exact) mass is 250 g/mol. The molecule has 0 spiro atoms. The lowest BCUT2D eigenvalue weighted by molar-refractivity contribution is 0.144. The Morgan fingerprint density at radius 3 is 2.54 bits per heavy atom. The van der Waals surface area contributed by atoms with Crippen LogP contribution in [0.3, 0.4) is 0 Å². The molecule has 0 aliphatic carbocycles. The van der Waals surface area contributed by atoms with Crippen molar-refractivity contribution in [3.05, 3.63) is 10.3 Å². The van der Waals surface area contributed by atoms with Gasteiger partial charge in [0, 0.05) is 13.1 Å². The van der Waals surface area contributed by atoms with Gasteiger partial charge < -0.3 is 5.73 Å². The number of hydrogen-bond donors (Lipinski definition) is 1. The van der Waals surface area contributed by atoms with Gasteiger partial charge in [0.15, 0.2) is 10.3 Å². The lowest BCUT2D eigenvalue weighted by atomic mass is 9.97. The molecule has 0 amide bonds. The van der Waals surface area contributed by atoms with Crippen LogP contribution >= 0.6 is 15.9 Å². The number of rotatable bonds is 2. The maximum atomic E-state index is 14.0. The molecule has 0 saturated heterocycles. The topological polar surface area (TPSA) is 56.7 Å². The van der Waals surface area contributed by atoms with Crippen molar-refractivity contribution >= 4 is 15.9 Å². The van der Waals surface area contributed by atoms with Gasteiger partial charge in [0.05, 0.1) is 0 Å². The normalized spacial score (nSPS) is 18.3. The molecule has 1 aromatic rings. The van der Waals surface area contributed by atoms with Gasteiger partial charge in [-0.05, 0) is 29.8 Å². The van der Waals surface area contributed by atoms with Gasteiger partial charge in [-0.3, -0.25) is 0 Å². The molecular weight excluding hydrogens is 239 g/mol. The lowest BCUT2D eigenvalue weighted by Gasteiger charge is -2.24. The number of nitrogens with zero attached hydrogens (tertiary/aromatic N) is 3. The molecule has 6 heteroatoms. The number of hydrogen-bond acceptors (Lipinski definition) is 3. The zero-order valence-corrected chi connectivity index (χ0v) is 9.34. The third-order valence-electron chi connectivity index (χ3n) is 2.10. The summed E-state index contributed by atoms with van der Waals surface area (Å²) in [6.45, 7) is 3.03. The molecule has 1 aromatic heterocycles. The number of aromatic nitrogens is 3. The van der Waals surface area contributed by atoms with Crippen LogP contribution in [-0.2, 0) is 12.7 Å². The van der Waals surface area contributed by atoms with E-state index in [0.29, 0.717) is 10.3 Å². The summed E-state index contributed by atoms with van der Waals surface area (Å²) in [6.07, 6.45) is 0. The Kier molecular flexibility index (Phi) is 2.72. The van der Waals surface area contributed by atoms with Crippen LogP contribution in [-0.4, -0.2) is 21.0 Å². The highest BCUT2D eigenvalue weighted by Crippen LogP contribution is 2.31. The fourth-order valence-electron chi connectivity index (χ4n) is 1.07. The Balaban J connectivity index is 3.20. The van der Waals surface area contributed by atoms with Gasteiger partial charge in [-0.15, -0.1) is 5.10 Å². The predicted molar refractivity (Wildman–Crippen MR) is 50.8 cm³/mol. The second-order valence-corrected chi connectivity index (χ2v) is 3.97. The Bertz CT molecular complexity index is 288. The molecule has 4 nitrogen and oxygen atoms in total. The van der Waals surface area contributed by atoms with E-state index in [2.05, 4.69) is 26.2 Å². The van der Waals surface area contributed by atoms with Crippen LogP contribution in [0.5, 0.6) is 0 Å². The van der Waals surface area contributed by atoms with E-state index in [9.17, 15) is 4.39 Å². The van der Waals surface area contributed by atoms with Crippen molar-refractivity contribution in [1.82, 2.24) is 15.0 Å². The summed E-state index contributed by atoms with van der Waals surface area (Å²) in [5.41, 5.74) is 4.27. The van der Waals surface area contributed by atoms with Crippen molar-refractivity contribution in [1.29, 1.82) is 0 Å². The van der Waals surface area contributed by atoms with Crippen molar-refractivity contribution < 1.29 is 4.39 Å². The van der Waals surface area contributed by atoms with Gasteiger partial charge in [0.1, 0.15) is 5.69 Å². The van der Waals surface area contributed by atoms with Crippen LogP contribution in [0.4, 0.5) is 4.39 Å². The fraction of sp³-hybridized carbons (Fsp3) is 0.714. The number of alkyl halides is 1. The van der Waals surface area contributed by atoms with Crippen molar-refractivity contribution in [2.45, 2.75) is 25.6 Å². The molecule has 0 aliphatic rings. The molecule has 74 valence electrons. The van der Waals surface area contributed by atoms with E-state index >= 15 is 0 Å². The van der Waals surface area contributed by atoms with Crippen LogP contribution < -0.4 is 5.73 Å². The maximum absolute atomic E-state index is 14.0. The first-order valence-electron chi connectivity index (χ1n) is 3.87. The summed E-state index contributed by atoms with van der Waals surface area (Å²) in [4.78, 5) is 0. The molecular formula is C7H12BrFN4. The number of halogens is 2. The molecule has 0 radical (unpaired) electrons. The Morgan fingerprint density at radius 2 is 2.23 bits per heavy atom. The zero-order chi connectivity index (χ0) is 10.2. The van der Waals surface area contributed by atoms with Crippen LogP contribution in [0.15, 0.2) is 4.60 Å². The number of nitrogens with two attached hydrogens (primary N) is 1. The SMILES string of the molecule is CC(N)C(C)(F)c1c(Br)nnn1C. The van der Waals surface area contributed by atoms with E-state index in [1.54, 1.807) is 14.0 Å². The minimum Gasteiger partial charge on any atom is -0.325 e. The molecule has 1 rings (SSSR count). The fourth-order valence-corrected chi connectivity index (χ4v) is 1.78. The first-order chi connectivity index (χ1) is 5.87. The van der Waals surface area contributed by atoms with Gasteiger partial charge in [-0.2, -0.15) is 0 Å². The van der Waals surface area contributed by atoms with Gasteiger partial charge >= 0.3 is 0 Å². The Labute approximate surface area is 84.4 Å². The largest absolute Gasteiger partial charge is 0.325 e. The molecule has 0 aliphatic heterocycles. The van der Waals surface area contributed by atoms with Crippen LogP contribution in [0.2, 0.25) is 0 Å². The highest BCUT2D eigenvalue weighted by Gasteiger charge is 2.36. The van der Waals surface area contributed by atoms with Gasteiger partial charge in [-0.25, -0.2) is 9.07 Å². The van der Waals surface area contributed by atoms with Crippen molar-refractivity contribution in [2.75, 3.05) is 0 Å². The van der Waals surface area contributed by atoms with E-state index in [-0.39, 0.29) is 0 Å². The molecule has 2 N–H and O–H groups in total. The lowest BCUT2D eigenvalue weighted by Crippen LogP contribution is -2.38. The minimum atomic E-state index is -1.63. The van der Waals surface area contributed by atoms with Crippen LogP contribution in [0, 0.1) is 0 Å². The number of aryl methyl sites for hydroxylation is 1. The summed E-state index contributed by atoms with van der Waals surface area (Å²) >= 11 is 3.13. The molecule has 2 unspecified atom stereocenters. The third kappa shape index (κ3) is 1.73. The van der Waals surface area contributed by atoms with Gasteiger partial charge in [0.2, 0.25) is 0 Å². The quantitative estimate of drug-likeness (QED) is 0.856. The predicted octanol–water partition coefficient (Wildman–Crippen LogP) is 1.11. The molecule has 0 saturated carbocycles. The van der Waals surface area contributed by atoms with Gasteiger partial charge in [-0.1, -0.05) is 5.21 Å². The molecule has 1 heterocycles. The van der Waals surface area contributed by atoms with Crippen LogP contribution in [0.25, 0.3) is 0 Å². The first kappa shape index (κ1) is 10.6. The van der Waals surface area contributed by atoms with Crippen molar-refractivity contribution in [3.63, 3.8) is 0 Å². The van der Waals surface area contributed by atoms with E-state index in [4.69, 9.17) is 5.73 Å². The molecule has 0 fully saturated rings. The van der Waals surface area contributed by atoms with Crippen molar-refractivity contribution in [2.24, 2.45) is 12.8 Å². The van der Waals surface area contributed by atoms with Crippen molar-refractivity contribution in [3.8, 4) is 0 Å². The summed E-state index contributed by atoms with van der Waals surface area (Å²) in [5.74, 6) is 0. The van der Waals surface area contributed by atoms with E-state index in [1.165, 1.54) is 11.6 Å². The highest BCUT2D eigenvalue weighted by atomic mass is 79.9. The Morgan fingerprint density at radius 1 is 1.69 bits per heavy atom. The average Bonchev–Trinajstić information content (AvgIpc) is 2.30. The van der Waals surface area contributed by atoms with Crippen LogP contribution in [0.1, 0.15) is 19.5 Å². The molecule has 0 aromatic carbocycles. The average molecular weight is 251 g/mol. The third-order valence-corrected chi connectivity index (χ3v) is 2.64. The maximum Gasteiger partial charge on any atom is 0.167 e. The second kappa shape index (κ2) is 3.34. The summed E-state index contributed by atoms with van der Waals surface area (Å²) in [6, 6.07) is -0.610. The van der Waals surface area contributed by atoms with E-state index in [1.807, 2.05) is 0 Å².